The van der Waals surface area contributed by atoms with Crippen LogP contribution in [0, 0.1) is 0 Å². The Morgan fingerprint density at radius 2 is 1.70 bits per heavy atom. The van der Waals surface area contributed by atoms with Gasteiger partial charge in [-0.25, -0.2) is 0 Å². The second-order valence-electron chi connectivity index (χ2n) is 1.96. The second-order valence-corrected chi connectivity index (χ2v) is 22.6. The third kappa shape index (κ3) is 10.5. The van der Waals surface area contributed by atoms with Crippen molar-refractivity contribution in [3.63, 3.8) is 0 Å². The van der Waals surface area contributed by atoms with Gasteiger partial charge in [0.1, 0.15) is 0 Å². The molecule has 0 aromatic carbocycles. The van der Waals surface area contributed by atoms with Crippen LogP contribution in [0.1, 0.15) is 12.8 Å². The van der Waals surface area contributed by atoms with Crippen LogP contribution in [0.25, 0.3) is 0 Å². The molecule has 6 heteroatoms. The molecular weight excluding hydrogens is 381 g/mol. The molecule has 0 aromatic rings. The number of unbranched alkanes of at least 4 members (excludes halogenated alkanes) is 1. The van der Waals surface area contributed by atoms with Gasteiger partial charge in [-0.2, -0.15) is 0 Å². The SMILES string of the molecule is [Cl][Sn][CH2]CC[CH2][Ge]([Cl])([Cl])[Cl]. The average Bonchev–Trinajstić information content (AvgIpc) is 1.78. The number of hydrogen-bond acceptors (Lipinski definition) is 0. The molecule has 0 aliphatic rings. The van der Waals surface area contributed by atoms with E-state index in [9.17, 15) is 0 Å². The predicted octanol–water partition coefficient (Wildman–Crippen LogP) is 3.70. The van der Waals surface area contributed by atoms with Gasteiger partial charge < -0.3 is 0 Å². The molecule has 0 rings (SSSR count). The van der Waals surface area contributed by atoms with Gasteiger partial charge in [0.05, 0.1) is 0 Å². The Morgan fingerprint density at radius 1 is 1.10 bits per heavy atom. The van der Waals surface area contributed by atoms with Gasteiger partial charge in [-0.1, -0.05) is 0 Å². The standard InChI is InChI=1S/C4H8Cl3Ge.ClH.Sn/c1-2-3-4-8(5,6)7;;/h1-4H2;1H;/q;;+1/p-1. The van der Waals surface area contributed by atoms with Crippen LogP contribution in [0.15, 0.2) is 0 Å². The summed E-state index contributed by atoms with van der Waals surface area (Å²) < 4.78 is 1.20. The van der Waals surface area contributed by atoms with Crippen molar-refractivity contribution in [2.24, 2.45) is 0 Å². The first kappa shape index (κ1) is 12.5. The maximum atomic E-state index is 5.71. The summed E-state index contributed by atoms with van der Waals surface area (Å²) in [6.45, 7) is 0. The summed E-state index contributed by atoms with van der Waals surface area (Å²) in [5, 5.41) is 0.834. The fraction of sp³-hybridized carbons (Fsp3) is 1.00. The number of rotatable bonds is 5. The molecule has 0 unspecified atom stereocenters. The third-order valence-electron chi connectivity index (χ3n) is 0.982. The van der Waals surface area contributed by atoms with Crippen molar-refractivity contribution in [1.29, 1.82) is 0 Å². The van der Waals surface area contributed by atoms with E-state index in [1.54, 1.807) is 0 Å². The zero-order valence-corrected chi connectivity index (χ0v) is 13.3. The van der Waals surface area contributed by atoms with E-state index >= 15 is 0 Å². The molecule has 0 nitrogen and oxygen atoms in total. The van der Waals surface area contributed by atoms with Crippen molar-refractivity contribution >= 4 is 69.4 Å². The van der Waals surface area contributed by atoms with Crippen molar-refractivity contribution < 1.29 is 0 Å². The zero-order chi connectivity index (χ0) is 8.04. The van der Waals surface area contributed by atoms with Crippen molar-refractivity contribution in [2.45, 2.75) is 22.5 Å². The molecule has 0 saturated heterocycles. The van der Waals surface area contributed by atoms with Gasteiger partial charge >= 0.3 is 92.0 Å². The van der Waals surface area contributed by atoms with Crippen LogP contribution < -0.4 is 0 Å². The van der Waals surface area contributed by atoms with Crippen LogP contribution in [0.2, 0.25) is 9.69 Å². The Kier molecular flexibility index (Phi) is 8.70. The molecule has 0 N–H and O–H groups in total. The van der Waals surface area contributed by atoms with E-state index in [0.717, 1.165) is 18.1 Å². The predicted molar refractivity (Wildman–Crippen MR) is 53.8 cm³/mol. The van der Waals surface area contributed by atoms with Gasteiger partial charge in [0, 0.05) is 0 Å². The van der Waals surface area contributed by atoms with Crippen molar-refractivity contribution in [3.05, 3.63) is 0 Å². The van der Waals surface area contributed by atoms with Crippen LogP contribution in [-0.4, -0.2) is 30.5 Å². The maximum absolute atomic E-state index is 5.71. The van der Waals surface area contributed by atoms with Crippen LogP contribution in [0.3, 0.4) is 0 Å². The number of hydrogen-bond donors (Lipinski definition) is 0. The molecule has 0 aliphatic heterocycles. The topological polar surface area (TPSA) is 0 Å². The molecule has 0 aliphatic carbocycles. The molecule has 0 heterocycles. The summed E-state index contributed by atoms with van der Waals surface area (Å²) in [6, 6.07) is 0. The zero-order valence-electron chi connectivity index (χ0n) is 5.34. The summed E-state index contributed by atoms with van der Waals surface area (Å²) in [5.41, 5.74) is 0. The van der Waals surface area contributed by atoms with Crippen molar-refractivity contribution in [3.8, 4) is 0 Å². The van der Waals surface area contributed by atoms with Crippen molar-refractivity contribution in [1.82, 2.24) is 0 Å². The van der Waals surface area contributed by atoms with Crippen LogP contribution in [0.4, 0.5) is 0 Å². The normalized spacial score (nSPS) is 12.0. The molecule has 0 bridgehead atoms. The van der Waals surface area contributed by atoms with Crippen LogP contribution >= 0.6 is 38.9 Å². The van der Waals surface area contributed by atoms with E-state index < -0.39 is 30.5 Å². The van der Waals surface area contributed by atoms with E-state index in [1.807, 2.05) is 0 Å². The fourth-order valence-corrected chi connectivity index (χ4v) is 5.96. The third-order valence-corrected chi connectivity index (χ3v) is 8.67. The Labute approximate surface area is 90.8 Å². The van der Waals surface area contributed by atoms with Gasteiger partial charge in [-0.3, -0.25) is 0 Å². The molecule has 0 amide bonds. The first-order valence-corrected chi connectivity index (χ1v) is 18.3. The first-order chi connectivity index (χ1) is 4.56. The minimum absolute atomic E-state index is 0.511. The van der Waals surface area contributed by atoms with Crippen LogP contribution in [-0.2, 0) is 0 Å². The summed E-state index contributed by atoms with van der Waals surface area (Å²) in [4.78, 5) is 0. The molecule has 0 aromatic heterocycles. The molecule has 2 radical (unpaired) electrons. The monoisotopic (exact) mass is 390 g/mol. The molecule has 0 fully saturated rings. The fourth-order valence-electron chi connectivity index (χ4n) is 0.517. The Balaban J connectivity index is 3.04. The Morgan fingerprint density at radius 3 is 2.10 bits per heavy atom. The van der Waals surface area contributed by atoms with E-state index in [2.05, 4.69) is 0 Å². The summed E-state index contributed by atoms with van der Waals surface area (Å²) in [6.07, 6.45) is 2.22. The molecule has 0 spiro atoms. The van der Waals surface area contributed by atoms with Gasteiger partial charge in [0.15, 0.2) is 0 Å². The molecule has 0 saturated carbocycles. The second kappa shape index (κ2) is 6.96. The average molecular weight is 389 g/mol. The van der Waals surface area contributed by atoms with Gasteiger partial charge in [-0.15, -0.1) is 0 Å². The summed E-state index contributed by atoms with van der Waals surface area (Å²) in [7, 11) is 20.0. The van der Waals surface area contributed by atoms with Gasteiger partial charge in [0.2, 0.25) is 0 Å². The minimum atomic E-state index is -2.75. The van der Waals surface area contributed by atoms with Gasteiger partial charge in [0.25, 0.3) is 0 Å². The molecular formula is C4H8Cl4GeSn. The molecule has 60 valence electrons. The molecule has 10 heavy (non-hydrogen) atoms. The van der Waals surface area contributed by atoms with E-state index in [0.29, 0.717) is 0 Å². The Hall–Kier alpha value is 2.50. The Bertz CT molecular complexity index is 83.8. The van der Waals surface area contributed by atoms with E-state index in [4.69, 9.17) is 38.9 Å². The van der Waals surface area contributed by atoms with E-state index in [1.165, 1.54) is 4.44 Å². The first-order valence-electron chi connectivity index (χ1n) is 2.96. The summed E-state index contributed by atoms with van der Waals surface area (Å²) >= 11 is -0.511. The van der Waals surface area contributed by atoms with Gasteiger partial charge in [-0.05, 0) is 0 Å². The van der Waals surface area contributed by atoms with E-state index in [-0.39, 0.29) is 0 Å². The quantitative estimate of drug-likeness (QED) is 0.497. The summed E-state index contributed by atoms with van der Waals surface area (Å²) in [5.74, 6) is 0. The van der Waals surface area contributed by atoms with Crippen LogP contribution in [0.5, 0.6) is 0 Å². The number of halogens is 4. The van der Waals surface area contributed by atoms with Crippen molar-refractivity contribution in [2.75, 3.05) is 0 Å². The molecule has 0 atom stereocenters.